The first-order chi connectivity index (χ1) is 14.5. The smallest absolute Gasteiger partial charge is 0.320 e. The Hall–Kier alpha value is -3.72. The van der Waals surface area contributed by atoms with E-state index in [-0.39, 0.29) is 17.5 Å². The number of hydrogen-bond acceptors (Lipinski definition) is 5. The van der Waals surface area contributed by atoms with Crippen LogP contribution in [0.1, 0.15) is 16.1 Å². The minimum absolute atomic E-state index is 0.235. The largest absolute Gasteiger partial charge is 0.333 e. The zero-order valence-electron chi connectivity index (χ0n) is 16.5. The van der Waals surface area contributed by atoms with E-state index in [9.17, 15) is 9.59 Å². The first-order valence-corrected chi connectivity index (χ1v) is 10.2. The lowest BCUT2D eigenvalue weighted by molar-refractivity contribution is 0.251. The summed E-state index contributed by atoms with van der Waals surface area (Å²) in [6.07, 6.45) is 0. The fourth-order valence-corrected chi connectivity index (χ4v) is 3.50. The van der Waals surface area contributed by atoms with E-state index in [4.69, 9.17) is 0 Å². The number of hydrogen-bond donors (Lipinski definition) is 3. The monoisotopic (exact) mass is 420 g/mol. The van der Waals surface area contributed by atoms with Crippen molar-refractivity contribution in [3.63, 3.8) is 0 Å². The van der Waals surface area contributed by atoms with Crippen LogP contribution in [0.25, 0.3) is 17.2 Å². The molecule has 0 aliphatic rings. The van der Waals surface area contributed by atoms with Gasteiger partial charge in [-0.05, 0) is 25.3 Å². The zero-order chi connectivity index (χ0) is 21.1. The first-order valence-electron chi connectivity index (χ1n) is 9.32. The third kappa shape index (κ3) is 4.15. The van der Waals surface area contributed by atoms with E-state index in [0.29, 0.717) is 29.3 Å². The Morgan fingerprint density at radius 1 is 1.17 bits per heavy atom. The maximum absolute atomic E-state index is 12.5. The van der Waals surface area contributed by atoms with Crippen LogP contribution in [0.2, 0.25) is 0 Å². The predicted octanol–water partition coefficient (Wildman–Crippen LogP) is 3.62. The molecule has 0 aliphatic heterocycles. The topological polar surface area (TPSA) is 105 Å². The number of aryl methyl sites for hydroxylation is 1. The Labute approximate surface area is 176 Å². The van der Waals surface area contributed by atoms with Crippen LogP contribution in [-0.4, -0.2) is 25.8 Å². The molecular formula is C21H20N6O2S. The first kappa shape index (κ1) is 19.6. The van der Waals surface area contributed by atoms with E-state index >= 15 is 0 Å². The highest BCUT2D eigenvalue weighted by atomic mass is 32.1. The van der Waals surface area contributed by atoms with Crippen molar-refractivity contribution >= 4 is 23.2 Å². The summed E-state index contributed by atoms with van der Waals surface area (Å²) < 4.78 is 1.43. The molecule has 3 heterocycles. The summed E-state index contributed by atoms with van der Waals surface area (Å²) in [7, 11) is 0. The molecule has 9 heteroatoms. The third-order valence-corrected chi connectivity index (χ3v) is 5.48. The summed E-state index contributed by atoms with van der Waals surface area (Å²) in [5.74, 6) is 0.628. The molecule has 0 aliphatic carbocycles. The molecule has 0 bridgehead atoms. The van der Waals surface area contributed by atoms with Crippen LogP contribution in [0.5, 0.6) is 0 Å². The zero-order valence-corrected chi connectivity index (χ0v) is 17.3. The number of carbonyl (C=O) groups is 1. The van der Waals surface area contributed by atoms with Crippen molar-refractivity contribution in [3.05, 3.63) is 80.4 Å². The summed E-state index contributed by atoms with van der Waals surface area (Å²) >= 11 is 1.57. The lowest BCUT2D eigenvalue weighted by atomic mass is 10.2. The second kappa shape index (κ2) is 8.34. The molecule has 152 valence electrons. The lowest BCUT2D eigenvalue weighted by Gasteiger charge is -2.10. The molecule has 8 nitrogen and oxygen atoms in total. The molecular weight excluding hydrogens is 400 g/mol. The molecule has 4 aromatic rings. The molecule has 0 saturated heterocycles. The number of rotatable bonds is 5. The average molecular weight is 420 g/mol. The second-order valence-corrected chi connectivity index (χ2v) is 7.71. The Bertz CT molecular complexity index is 1230. The predicted molar refractivity (Wildman–Crippen MR) is 117 cm³/mol. The second-order valence-electron chi connectivity index (χ2n) is 6.68. The van der Waals surface area contributed by atoms with Crippen LogP contribution in [-0.2, 0) is 6.54 Å². The number of aromatic nitrogens is 4. The normalized spacial score (nSPS) is 10.7. The third-order valence-electron chi connectivity index (χ3n) is 4.61. The average Bonchev–Trinajstić information content (AvgIpc) is 3.41. The van der Waals surface area contributed by atoms with Crippen molar-refractivity contribution < 1.29 is 4.79 Å². The van der Waals surface area contributed by atoms with Gasteiger partial charge >= 0.3 is 6.03 Å². The maximum atomic E-state index is 12.5. The molecule has 4 rings (SSSR count). The quantitative estimate of drug-likeness (QED) is 0.459. The number of nitrogens with one attached hydrogen (secondary N) is 3. The van der Waals surface area contributed by atoms with Crippen LogP contribution >= 0.6 is 11.3 Å². The summed E-state index contributed by atoms with van der Waals surface area (Å²) in [6.45, 7) is 3.89. The number of anilines is 1. The highest BCUT2D eigenvalue weighted by Gasteiger charge is 2.16. The van der Waals surface area contributed by atoms with Gasteiger partial charge < -0.3 is 5.32 Å². The van der Waals surface area contributed by atoms with Crippen molar-refractivity contribution in [1.29, 1.82) is 0 Å². The van der Waals surface area contributed by atoms with Gasteiger partial charge in [0.15, 0.2) is 0 Å². The number of aromatic amines is 1. The Kier molecular flexibility index (Phi) is 5.44. The van der Waals surface area contributed by atoms with E-state index in [1.54, 1.807) is 31.3 Å². The molecule has 0 unspecified atom stereocenters. The molecule has 3 aromatic heterocycles. The van der Waals surface area contributed by atoms with Crippen molar-refractivity contribution in [3.8, 4) is 17.2 Å². The van der Waals surface area contributed by atoms with Crippen LogP contribution in [0.15, 0.2) is 58.7 Å². The number of carbonyl (C=O) groups excluding carboxylic acids is 1. The van der Waals surface area contributed by atoms with Crippen molar-refractivity contribution in [2.45, 2.75) is 20.4 Å². The van der Waals surface area contributed by atoms with Gasteiger partial charge in [-0.3, -0.25) is 15.1 Å². The number of urea groups is 1. The highest BCUT2D eigenvalue weighted by Crippen LogP contribution is 2.23. The lowest BCUT2D eigenvalue weighted by Crippen LogP contribution is -2.29. The minimum Gasteiger partial charge on any atom is -0.333 e. The van der Waals surface area contributed by atoms with Gasteiger partial charge in [0.25, 0.3) is 5.56 Å². The van der Waals surface area contributed by atoms with Crippen LogP contribution < -0.4 is 16.2 Å². The van der Waals surface area contributed by atoms with E-state index < -0.39 is 0 Å². The summed E-state index contributed by atoms with van der Waals surface area (Å²) in [5.41, 5.74) is 2.41. The fourth-order valence-electron chi connectivity index (χ4n) is 2.85. The molecule has 0 fully saturated rings. The standard InChI is InChI=1S/C21H20N6O2S/c1-13-14(2)23-20(25-19(13)28)27-18(11-17(26-27)15-7-4-3-5-8-15)24-21(29)22-12-16-9-6-10-30-16/h3-11H,12H2,1-2H3,(H2,22,24,29)(H,23,25,28). The van der Waals surface area contributed by atoms with E-state index in [1.807, 2.05) is 47.8 Å². The van der Waals surface area contributed by atoms with Gasteiger partial charge in [0.1, 0.15) is 5.82 Å². The van der Waals surface area contributed by atoms with E-state index in [2.05, 4.69) is 25.7 Å². The molecule has 1 aromatic carbocycles. The van der Waals surface area contributed by atoms with E-state index in [1.165, 1.54) is 4.68 Å². The Morgan fingerprint density at radius 2 is 1.97 bits per heavy atom. The van der Waals surface area contributed by atoms with E-state index in [0.717, 1.165) is 10.4 Å². The number of H-pyrrole nitrogens is 1. The van der Waals surface area contributed by atoms with Crippen LogP contribution in [0.4, 0.5) is 10.6 Å². The molecule has 0 saturated carbocycles. The molecule has 0 atom stereocenters. The van der Waals surface area contributed by atoms with Crippen LogP contribution in [0, 0.1) is 13.8 Å². The number of nitrogens with zero attached hydrogens (tertiary/aromatic N) is 3. The number of thiophene rings is 1. The minimum atomic E-state index is -0.379. The van der Waals surface area contributed by atoms with Gasteiger partial charge in [0, 0.05) is 27.8 Å². The van der Waals surface area contributed by atoms with Gasteiger partial charge in [-0.1, -0.05) is 36.4 Å². The van der Waals surface area contributed by atoms with Gasteiger partial charge in [-0.25, -0.2) is 9.78 Å². The molecule has 2 amide bonds. The SMILES string of the molecule is Cc1nc(-n2nc(-c3ccccc3)cc2NC(=O)NCc2cccs2)[nH]c(=O)c1C. The summed E-state index contributed by atoms with van der Waals surface area (Å²) in [6, 6.07) is 14.8. The molecule has 3 N–H and O–H groups in total. The number of amides is 2. The van der Waals surface area contributed by atoms with Crippen molar-refractivity contribution in [2.24, 2.45) is 0 Å². The van der Waals surface area contributed by atoms with Gasteiger partial charge in [0.2, 0.25) is 5.95 Å². The molecule has 0 radical (unpaired) electrons. The van der Waals surface area contributed by atoms with Gasteiger partial charge in [-0.2, -0.15) is 9.78 Å². The van der Waals surface area contributed by atoms with Crippen LogP contribution in [0.3, 0.4) is 0 Å². The maximum Gasteiger partial charge on any atom is 0.320 e. The van der Waals surface area contributed by atoms with Gasteiger partial charge in [0.05, 0.1) is 12.2 Å². The Balaban J connectivity index is 1.68. The summed E-state index contributed by atoms with van der Waals surface area (Å²) in [5, 5.41) is 12.2. The fraction of sp³-hybridized carbons (Fsp3) is 0.143. The molecule has 30 heavy (non-hydrogen) atoms. The highest BCUT2D eigenvalue weighted by molar-refractivity contribution is 7.09. The Morgan fingerprint density at radius 3 is 2.67 bits per heavy atom. The number of benzene rings is 1. The summed E-state index contributed by atoms with van der Waals surface area (Å²) in [4.78, 5) is 32.9. The van der Waals surface area contributed by atoms with Crippen molar-refractivity contribution in [2.75, 3.05) is 5.32 Å². The molecule has 0 spiro atoms. The van der Waals surface area contributed by atoms with Crippen molar-refractivity contribution in [1.82, 2.24) is 25.1 Å². The van der Waals surface area contributed by atoms with Gasteiger partial charge in [-0.15, -0.1) is 11.3 Å².